The molecule has 0 aliphatic heterocycles. The van der Waals surface area contributed by atoms with Crippen molar-refractivity contribution in [2.75, 3.05) is 0 Å². The van der Waals surface area contributed by atoms with Gasteiger partial charge in [0.05, 0.1) is 0 Å². The molecule has 1 radical (unpaired) electrons. The zero-order valence-corrected chi connectivity index (χ0v) is 7.82. The van der Waals surface area contributed by atoms with Gasteiger partial charge in [0.2, 0.25) is 0 Å². The predicted octanol–water partition coefficient (Wildman–Crippen LogP) is 3.49. The first kappa shape index (κ1) is 9.24. The van der Waals surface area contributed by atoms with E-state index in [4.69, 9.17) is 0 Å². The van der Waals surface area contributed by atoms with Crippen molar-refractivity contribution in [1.29, 1.82) is 0 Å². The van der Waals surface area contributed by atoms with Gasteiger partial charge in [0.25, 0.3) is 0 Å². The largest absolute Gasteiger partial charge is 0.207 e. The van der Waals surface area contributed by atoms with Gasteiger partial charge in [0, 0.05) is 5.92 Å². The summed E-state index contributed by atoms with van der Waals surface area (Å²) in [4.78, 5) is 0. The van der Waals surface area contributed by atoms with E-state index in [1.807, 2.05) is 12.1 Å². The average Bonchev–Trinajstić information content (AvgIpc) is 2.08. The lowest BCUT2D eigenvalue weighted by Crippen LogP contribution is -1.94. The maximum absolute atomic E-state index is 12.9. The number of benzene rings is 1. The van der Waals surface area contributed by atoms with Crippen LogP contribution in [0, 0.1) is 18.7 Å². The lowest BCUT2D eigenvalue weighted by molar-refractivity contribution is 0.617. The van der Waals surface area contributed by atoms with Crippen LogP contribution in [0.15, 0.2) is 18.2 Å². The van der Waals surface area contributed by atoms with Gasteiger partial charge in [0.15, 0.2) is 0 Å². The van der Waals surface area contributed by atoms with Gasteiger partial charge < -0.3 is 0 Å². The third-order valence-electron chi connectivity index (χ3n) is 2.18. The van der Waals surface area contributed by atoms with Crippen molar-refractivity contribution in [2.24, 2.45) is 0 Å². The van der Waals surface area contributed by atoms with Crippen molar-refractivity contribution in [3.05, 3.63) is 41.1 Å². The van der Waals surface area contributed by atoms with Crippen LogP contribution in [0.5, 0.6) is 0 Å². The van der Waals surface area contributed by atoms with Crippen LogP contribution in [-0.2, 0) is 0 Å². The second kappa shape index (κ2) is 3.70. The predicted molar refractivity (Wildman–Crippen MR) is 49.4 cm³/mol. The van der Waals surface area contributed by atoms with Gasteiger partial charge in [-0.3, -0.25) is 0 Å². The van der Waals surface area contributed by atoms with E-state index in [9.17, 15) is 4.39 Å². The third-order valence-corrected chi connectivity index (χ3v) is 2.18. The summed E-state index contributed by atoms with van der Waals surface area (Å²) >= 11 is 0. The monoisotopic (exact) mass is 165 g/mol. The van der Waals surface area contributed by atoms with E-state index in [0.29, 0.717) is 0 Å². The standard InChI is InChI=1S/C11H14F/c1-4-8(2)10-5-6-11(12)9(3)7-10/h5-7H,4H2,1-3H3. The fourth-order valence-corrected chi connectivity index (χ4v) is 1.11. The Morgan fingerprint density at radius 3 is 2.58 bits per heavy atom. The van der Waals surface area contributed by atoms with E-state index < -0.39 is 0 Å². The SMILES string of the molecule is CC[C](C)c1ccc(F)c(C)c1. The van der Waals surface area contributed by atoms with Gasteiger partial charge in [-0.05, 0) is 30.5 Å². The topological polar surface area (TPSA) is 0 Å². The Hall–Kier alpha value is -0.850. The number of hydrogen-bond donors (Lipinski definition) is 0. The molecule has 0 atom stereocenters. The summed E-state index contributed by atoms with van der Waals surface area (Å²) in [5.41, 5.74) is 1.87. The molecule has 1 aromatic carbocycles. The molecule has 1 aromatic rings. The zero-order chi connectivity index (χ0) is 9.14. The van der Waals surface area contributed by atoms with E-state index in [1.54, 1.807) is 6.92 Å². The van der Waals surface area contributed by atoms with Gasteiger partial charge in [0.1, 0.15) is 5.82 Å². The molecule has 0 aliphatic carbocycles. The minimum atomic E-state index is -0.123. The molecule has 0 aromatic heterocycles. The second-order valence-electron chi connectivity index (χ2n) is 3.10. The highest BCUT2D eigenvalue weighted by atomic mass is 19.1. The summed E-state index contributed by atoms with van der Waals surface area (Å²) in [6, 6.07) is 5.26. The first-order valence-corrected chi connectivity index (χ1v) is 4.24. The van der Waals surface area contributed by atoms with Crippen LogP contribution >= 0.6 is 0 Å². The van der Waals surface area contributed by atoms with E-state index in [-0.39, 0.29) is 5.82 Å². The van der Waals surface area contributed by atoms with E-state index >= 15 is 0 Å². The quantitative estimate of drug-likeness (QED) is 0.629. The van der Waals surface area contributed by atoms with Crippen LogP contribution < -0.4 is 0 Å². The highest BCUT2D eigenvalue weighted by Crippen LogP contribution is 2.19. The van der Waals surface area contributed by atoms with E-state index in [2.05, 4.69) is 13.8 Å². The number of rotatable bonds is 2. The number of halogens is 1. The summed E-state index contributed by atoms with van der Waals surface area (Å²) < 4.78 is 12.9. The Labute approximate surface area is 73.4 Å². The molecule has 0 unspecified atom stereocenters. The summed E-state index contributed by atoms with van der Waals surface area (Å²) in [5.74, 6) is 1.18. The molecule has 0 aliphatic rings. The first-order valence-electron chi connectivity index (χ1n) is 4.24. The second-order valence-corrected chi connectivity index (χ2v) is 3.10. The first-order chi connectivity index (χ1) is 5.65. The highest BCUT2D eigenvalue weighted by molar-refractivity contribution is 5.33. The summed E-state index contributed by atoms with van der Waals surface area (Å²) in [5, 5.41) is 0. The van der Waals surface area contributed by atoms with Crippen LogP contribution in [-0.4, -0.2) is 0 Å². The molecule has 1 rings (SSSR count). The molecule has 0 heterocycles. The van der Waals surface area contributed by atoms with Crippen LogP contribution in [0.1, 0.15) is 31.4 Å². The van der Waals surface area contributed by atoms with Gasteiger partial charge in [-0.1, -0.05) is 26.0 Å². The Kier molecular flexibility index (Phi) is 2.85. The molecule has 12 heavy (non-hydrogen) atoms. The molecule has 1 heteroatoms. The molecule has 0 fully saturated rings. The lowest BCUT2D eigenvalue weighted by atomic mass is 9.97. The van der Waals surface area contributed by atoms with Crippen molar-refractivity contribution in [3.8, 4) is 0 Å². The lowest BCUT2D eigenvalue weighted by Gasteiger charge is -2.08. The third kappa shape index (κ3) is 1.84. The highest BCUT2D eigenvalue weighted by Gasteiger charge is 2.04. The summed E-state index contributed by atoms with van der Waals surface area (Å²) in [6.07, 6.45) is 1.02. The van der Waals surface area contributed by atoms with E-state index in [1.165, 1.54) is 12.0 Å². The van der Waals surface area contributed by atoms with Crippen LogP contribution in [0.2, 0.25) is 0 Å². The van der Waals surface area contributed by atoms with Crippen molar-refractivity contribution < 1.29 is 4.39 Å². The molecule has 65 valence electrons. The van der Waals surface area contributed by atoms with Crippen molar-refractivity contribution in [1.82, 2.24) is 0 Å². The maximum atomic E-state index is 12.9. The van der Waals surface area contributed by atoms with Gasteiger partial charge in [-0.25, -0.2) is 4.39 Å². The molecule has 0 amide bonds. The molecule has 0 spiro atoms. The molecule has 0 bridgehead atoms. The van der Waals surface area contributed by atoms with Gasteiger partial charge in [-0.15, -0.1) is 0 Å². The fourth-order valence-electron chi connectivity index (χ4n) is 1.11. The number of hydrogen-bond acceptors (Lipinski definition) is 0. The maximum Gasteiger partial charge on any atom is 0.126 e. The van der Waals surface area contributed by atoms with Crippen molar-refractivity contribution in [3.63, 3.8) is 0 Å². The van der Waals surface area contributed by atoms with Crippen LogP contribution in [0.4, 0.5) is 4.39 Å². The molecular formula is C11H14F. The Balaban J connectivity index is 2.96. The minimum absolute atomic E-state index is 0.123. The number of aryl methyl sites for hydroxylation is 1. The zero-order valence-electron chi connectivity index (χ0n) is 7.82. The van der Waals surface area contributed by atoms with Crippen molar-refractivity contribution >= 4 is 0 Å². The molecular weight excluding hydrogens is 151 g/mol. The molecule has 0 saturated carbocycles. The average molecular weight is 165 g/mol. The van der Waals surface area contributed by atoms with Gasteiger partial charge >= 0.3 is 0 Å². The Morgan fingerprint density at radius 2 is 2.08 bits per heavy atom. The van der Waals surface area contributed by atoms with E-state index in [0.717, 1.165) is 17.5 Å². The summed E-state index contributed by atoms with van der Waals surface area (Å²) in [7, 11) is 0. The fraction of sp³-hybridized carbons (Fsp3) is 0.364. The Bertz CT molecular complexity index is 266. The summed E-state index contributed by atoms with van der Waals surface area (Å²) in [6.45, 7) is 5.97. The minimum Gasteiger partial charge on any atom is -0.207 e. The van der Waals surface area contributed by atoms with Crippen LogP contribution in [0.25, 0.3) is 0 Å². The van der Waals surface area contributed by atoms with Crippen molar-refractivity contribution in [2.45, 2.75) is 27.2 Å². The molecule has 0 nitrogen and oxygen atoms in total. The molecule has 0 N–H and O–H groups in total. The molecule has 0 saturated heterocycles. The van der Waals surface area contributed by atoms with Gasteiger partial charge in [-0.2, -0.15) is 0 Å². The smallest absolute Gasteiger partial charge is 0.126 e. The normalized spacial score (nSPS) is 10.8. The van der Waals surface area contributed by atoms with Crippen LogP contribution in [0.3, 0.4) is 0 Å². The Morgan fingerprint density at radius 1 is 1.42 bits per heavy atom.